The van der Waals surface area contributed by atoms with E-state index in [4.69, 9.17) is 5.73 Å². The first kappa shape index (κ1) is 14.4. The third-order valence-electron chi connectivity index (χ3n) is 2.76. The highest BCUT2D eigenvalue weighted by molar-refractivity contribution is 8.00. The number of para-hydroxylation sites is 1. The minimum absolute atomic E-state index is 0.201. The summed E-state index contributed by atoms with van der Waals surface area (Å²) in [5.41, 5.74) is 7.64. The molecule has 3 N–H and O–H groups in total. The Kier molecular flexibility index (Phi) is 4.63. The summed E-state index contributed by atoms with van der Waals surface area (Å²) in [6.07, 6.45) is 0. The van der Waals surface area contributed by atoms with Crippen LogP contribution in [0.1, 0.15) is 5.56 Å². The van der Waals surface area contributed by atoms with Gasteiger partial charge in [0, 0.05) is 10.6 Å². The lowest BCUT2D eigenvalue weighted by Gasteiger charge is -2.07. The van der Waals surface area contributed by atoms with Gasteiger partial charge in [0.1, 0.15) is 5.82 Å². The average Bonchev–Trinajstić information content (AvgIpc) is 2.43. The second-order valence-electron chi connectivity index (χ2n) is 4.34. The van der Waals surface area contributed by atoms with Crippen LogP contribution in [0.3, 0.4) is 0 Å². The van der Waals surface area contributed by atoms with Gasteiger partial charge in [-0.3, -0.25) is 4.79 Å². The van der Waals surface area contributed by atoms with Gasteiger partial charge in [0.05, 0.1) is 11.4 Å². The van der Waals surface area contributed by atoms with Crippen molar-refractivity contribution in [3.05, 3.63) is 53.8 Å². The molecule has 0 fully saturated rings. The number of rotatable bonds is 4. The lowest BCUT2D eigenvalue weighted by atomic mass is 10.2. The molecule has 0 spiro atoms. The molecule has 1 amide bonds. The Balaban J connectivity index is 1.92. The quantitative estimate of drug-likeness (QED) is 0.670. The fraction of sp³-hybridized carbons (Fsp3) is 0.133. The van der Waals surface area contributed by atoms with Crippen molar-refractivity contribution in [2.75, 3.05) is 16.8 Å². The Morgan fingerprint density at radius 2 is 2.05 bits per heavy atom. The molecule has 5 heteroatoms. The first-order valence-electron chi connectivity index (χ1n) is 6.09. The number of aryl methyl sites for hydroxylation is 1. The van der Waals surface area contributed by atoms with Crippen molar-refractivity contribution in [2.45, 2.75) is 11.8 Å². The van der Waals surface area contributed by atoms with E-state index in [2.05, 4.69) is 5.32 Å². The minimum Gasteiger partial charge on any atom is -0.399 e. The smallest absolute Gasteiger partial charge is 0.234 e. The molecule has 0 saturated heterocycles. The Morgan fingerprint density at radius 3 is 2.75 bits per heavy atom. The van der Waals surface area contributed by atoms with Crippen LogP contribution in [0.25, 0.3) is 0 Å². The fourth-order valence-corrected chi connectivity index (χ4v) is 2.43. The number of nitrogens with one attached hydrogen (secondary N) is 1. The topological polar surface area (TPSA) is 55.1 Å². The van der Waals surface area contributed by atoms with Gasteiger partial charge >= 0.3 is 0 Å². The predicted molar refractivity (Wildman–Crippen MR) is 81.3 cm³/mol. The van der Waals surface area contributed by atoms with Gasteiger partial charge in [-0.1, -0.05) is 12.1 Å². The highest BCUT2D eigenvalue weighted by atomic mass is 32.2. The number of nitrogens with two attached hydrogens (primary N) is 1. The number of carbonyl (C=O) groups is 1. The molecule has 20 heavy (non-hydrogen) atoms. The lowest BCUT2D eigenvalue weighted by Crippen LogP contribution is -2.14. The van der Waals surface area contributed by atoms with E-state index in [9.17, 15) is 9.18 Å². The van der Waals surface area contributed by atoms with E-state index in [1.807, 2.05) is 25.1 Å². The maximum Gasteiger partial charge on any atom is 0.234 e. The maximum atomic E-state index is 13.4. The van der Waals surface area contributed by atoms with Crippen LogP contribution in [-0.2, 0) is 4.79 Å². The van der Waals surface area contributed by atoms with Gasteiger partial charge in [0.2, 0.25) is 5.91 Å². The van der Waals surface area contributed by atoms with Crippen LogP contribution >= 0.6 is 11.8 Å². The number of amides is 1. The molecule has 2 aromatic carbocycles. The first-order chi connectivity index (χ1) is 9.56. The molecular weight excluding hydrogens is 275 g/mol. The van der Waals surface area contributed by atoms with E-state index in [1.165, 1.54) is 23.9 Å². The molecule has 2 rings (SSSR count). The third-order valence-corrected chi connectivity index (χ3v) is 3.75. The van der Waals surface area contributed by atoms with E-state index in [0.717, 1.165) is 16.1 Å². The van der Waals surface area contributed by atoms with Crippen LogP contribution in [0.4, 0.5) is 15.8 Å². The highest BCUT2D eigenvalue weighted by Crippen LogP contribution is 2.22. The molecule has 0 aromatic heterocycles. The van der Waals surface area contributed by atoms with Crippen LogP contribution in [0.2, 0.25) is 0 Å². The zero-order valence-corrected chi connectivity index (χ0v) is 11.8. The Hall–Kier alpha value is -2.01. The number of hydrogen-bond donors (Lipinski definition) is 2. The SMILES string of the molecule is Cc1cc(SCC(=O)Nc2ccccc2F)ccc1N. The molecule has 104 valence electrons. The first-order valence-corrected chi connectivity index (χ1v) is 7.08. The van der Waals surface area contributed by atoms with Crippen molar-refractivity contribution < 1.29 is 9.18 Å². The van der Waals surface area contributed by atoms with Gasteiger partial charge < -0.3 is 11.1 Å². The highest BCUT2D eigenvalue weighted by Gasteiger charge is 2.07. The number of anilines is 2. The van der Waals surface area contributed by atoms with Gasteiger partial charge in [-0.15, -0.1) is 11.8 Å². The largest absolute Gasteiger partial charge is 0.399 e. The molecule has 3 nitrogen and oxygen atoms in total. The monoisotopic (exact) mass is 290 g/mol. The van der Waals surface area contributed by atoms with Gasteiger partial charge in [-0.05, 0) is 42.8 Å². The van der Waals surface area contributed by atoms with Crippen molar-refractivity contribution in [1.82, 2.24) is 0 Å². The average molecular weight is 290 g/mol. The molecule has 0 aliphatic rings. The van der Waals surface area contributed by atoms with Gasteiger partial charge in [0.25, 0.3) is 0 Å². The van der Waals surface area contributed by atoms with Crippen LogP contribution in [0.5, 0.6) is 0 Å². The molecule has 0 atom stereocenters. The molecule has 0 aliphatic heterocycles. The minimum atomic E-state index is -0.436. The summed E-state index contributed by atoms with van der Waals surface area (Å²) in [6, 6.07) is 11.7. The fourth-order valence-electron chi connectivity index (χ4n) is 1.64. The van der Waals surface area contributed by atoms with E-state index < -0.39 is 5.82 Å². The summed E-state index contributed by atoms with van der Waals surface area (Å²) in [4.78, 5) is 12.7. The van der Waals surface area contributed by atoms with E-state index in [-0.39, 0.29) is 17.3 Å². The van der Waals surface area contributed by atoms with Gasteiger partial charge in [-0.2, -0.15) is 0 Å². The van der Waals surface area contributed by atoms with Crippen molar-refractivity contribution >= 4 is 29.0 Å². The molecular formula is C15H15FN2OS. The third kappa shape index (κ3) is 3.74. The summed E-state index contributed by atoms with van der Waals surface area (Å²) in [6.45, 7) is 1.92. The number of hydrogen-bond acceptors (Lipinski definition) is 3. The van der Waals surface area contributed by atoms with E-state index in [1.54, 1.807) is 12.1 Å². The summed E-state index contributed by atoms with van der Waals surface area (Å²) >= 11 is 1.39. The molecule has 0 aliphatic carbocycles. The van der Waals surface area contributed by atoms with E-state index >= 15 is 0 Å². The normalized spacial score (nSPS) is 10.3. The standard InChI is InChI=1S/C15H15FN2OS/c1-10-8-11(6-7-13(10)17)20-9-15(19)18-14-5-3-2-4-12(14)16/h2-8H,9,17H2,1H3,(H,18,19). The molecule has 0 heterocycles. The summed E-state index contributed by atoms with van der Waals surface area (Å²) in [7, 11) is 0. The van der Waals surface area contributed by atoms with Gasteiger partial charge in [-0.25, -0.2) is 4.39 Å². The van der Waals surface area contributed by atoms with Crippen molar-refractivity contribution in [2.24, 2.45) is 0 Å². The second-order valence-corrected chi connectivity index (χ2v) is 5.38. The van der Waals surface area contributed by atoms with Crippen molar-refractivity contribution in [3.63, 3.8) is 0 Å². The summed E-state index contributed by atoms with van der Waals surface area (Å²) in [5.74, 6) is -0.457. The Bertz CT molecular complexity index is 631. The number of carbonyl (C=O) groups excluding carboxylic acids is 1. The molecule has 0 radical (unpaired) electrons. The van der Waals surface area contributed by atoms with Crippen LogP contribution in [0, 0.1) is 12.7 Å². The van der Waals surface area contributed by atoms with Crippen LogP contribution in [0.15, 0.2) is 47.4 Å². The molecule has 0 bridgehead atoms. The molecule has 0 unspecified atom stereocenters. The van der Waals surface area contributed by atoms with Gasteiger partial charge in [0.15, 0.2) is 0 Å². The number of nitrogen functional groups attached to an aromatic ring is 1. The number of benzene rings is 2. The van der Waals surface area contributed by atoms with Crippen LogP contribution < -0.4 is 11.1 Å². The molecule has 2 aromatic rings. The van der Waals surface area contributed by atoms with Crippen LogP contribution in [-0.4, -0.2) is 11.7 Å². The predicted octanol–water partition coefficient (Wildman–Crippen LogP) is 3.45. The zero-order valence-electron chi connectivity index (χ0n) is 11.0. The van der Waals surface area contributed by atoms with Crippen molar-refractivity contribution in [1.29, 1.82) is 0 Å². The zero-order chi connectivity index (χ0) is 14.5. The summed E-state index contributed by atoms with van der Waals surface area (Å²) < 4.78 is 13.4. The Morgan fingerprint density at radius 1 is 1.30 bits per heavy atom. The lowest BCUT2D eigenvalue weighted by molar-refractivity contribution is -0.113. The van der Waals surface area contributed by atoms with E-state index in [0.29, 0.717) is 0 Å². The molecule has 0 saturated carbocycles. The number of halogens is 1. The number of thioether (sulfide) groups is 1. The Labute approximate surface area is 121 Å². The second kappa shape index (κ2) is 6.43. The summed E-state index contributed by atoms with van der Waals surface area (Å²) in [5, 5.41) is 2.55. The van der Waals surface area contributed by atoms with Crippen molar-refractivity contribution in [3.8, 4) is 0 Å². The maximum absolute atomic E-state index is 13.4.